The molecule has 0 aromatic heterocycles. The molecule has 0 atom stereocenters. The van der Waals surface area contributed by atoms with Crippen LogP contribution in [0.5, 0.6) is 11.5 Å². The smallest absolute Gasteiger partial charge is 0.273 e. The Morgan fingerprint density at radius 3 is 1.96 bits per heavy atom. The monoisotopic (exact) mass is 368 g/mol. The molecular formula is C16H14Cl2N2O4. The van der Waals surface area contributed by atoms with Gasteiger partial charge in [0.25, 0.3) is 11.8 Å². The van der Waals surface area contributed by atoms with Gasteiger partial charge in [-0.3, -0.25) is 20.4 Å². The van der Waals surface area contributed by atoms with Gasteiger partial charge in [0.05, 0.1) is 25.3 Å². The van der Waals surface area contributed by atoms with Gasteiger partial charge in [0.2, 0.25) is 0 Å². The SMILES string of the molecule is COc1cc(Cl)ccc1C(=O)NNC(=O)c1cc(Cl)ccc1OC. The van der Waals surface area contributed by atoms with E-state index in [9.17, 15) is 9.59 Å². The summed E-state index contributed by atoms with van der Waals surface area (Å²) in [7, 11) is 2.84. The Labute approximate surface area is 148 Å². The second kappa shape index (κ2) is 7.90. The van der Waals surface area contributed by atoms with E-state index in [0.29, 0.717) is 15.8 Å². The van der Waals surface area contributed by atoms with Gasteiger partial charge >= 0.3 is 0 Å². The van der Waals surface area contributed by atoms with E-state index in [-0.39, 0.29) is 16.9 Å². The maximum absolute atomic E-state index is 12.2. The van der Waals surface area contributed by atoms with Crippen LogP contribution in [-0.4, -0.2) is 26.0 Å². The van der Waals surface area contributed by atoms with Crippen molar-refractivity contribution in [2.24, 2.45) is 0 Å². The number of methoxy groups -OCH3 is 2. The molecule has 2 rings (SSSR count). The lowest BCUT2D eigenvalue weighted by Crippen LogP contribution is -2.41. The summed E-state index contributed by atoms with van der Waals surface area (Å²) in [5.41, 5.74) is 5.01. The summed E-state index contributed by atoms with van der Waals surface area (Å²) in [4.78, 5) is 24.4. The van der Waals surface area contributed by atoms with E-state index in [0.717, 1.165) is 0 Å². The van der Waals surface area contributed by atoms with Crippen LogP contribution in [0.15, 0.2) is 36.4 Å². The van der Waals surface area contributed by atoms with Crippen molar-refractivity contribution in [3.63, 3.8) is 0 Å². The number of hydrogen-bond acceptors (Lipinski definition) is 4. The van der Waals surface area contributed by atoms with Gasteiger partial charge in [0.1, 0.15) is 11.5 Å². The molecule has 2 amide bonds. The van der Waals surface area contributed by atoms with Crippen molar-refractivity contribution >= 4 is 35.0 Å². The molecule has 6 nitrogen and oxygen atoms in total. The first-order chi connectivity index (χ1) is 11.5. The van der Waals surface area contributed by atoms with Gasteiger partial charge in [-0.25, -0.2) is 0 Å². The Hall–Kier alpha value is -2.44. The Morgan fingerprint density at radius 2 is 1.33 bits per heavy atom. The van der Waals surface area contributed by atoms with Crippen molar-refractivity contribution in [2.45, 2.75) is 0 Å². The molecule has 0 aliphatic rings. The number of halogens is 2. The van der Waals surface area contributed by atoms with Crippen LogP contribution in [0.25, 0.3) is 0 Å². The van der Waals surface area contributed by atoms with Gasteiger partial charge in [-0.05, 0) is 36.4 Å². The lowest BCUT2D eigenvalue weighted by atomic mass is 10.2. The summed E-state index contributed by atoms with van der Waals surface area (Å²) in [6.07, 6.45) is 0. The molecule has 0 heterocycles. The molecule has 2 N–H and O–H groups in total. The van der Waals surface area contributed by atoms with Crippen LogP contribution < -0.4 is 20.3 Å². The first-order valence-corrected chi connectivity index (χ1v) is 7.49. The zero-order valence-electron chi connectivity index (χ0n) is 12.9. The number of hydrogen-bond donors (Lipinski definition) is 2. The summed E-state index contributed by atoms with van der Waals surface area (Å²) in [5.74, 6) is -0.515. The maximum atomic E-state index is 12.2. The van der Waals surface area contributed by atoms with E-state index in [1.807, 2.05) is 0 Å². The zero-order chi connectivity index (χ0) is 17.7. The fraction of sp³-hybridized carbons (Fsp3) is 0.125. The van der Waals surface area contributed by atoms with E-state index in [1.165, 1.54) is 32.4 Å². The van der Waals surface area contributed by atoms with Gasteiger partial charge in [0.15, 0.2) is 0 Å². The number of ether oxygens (including phenoxy) is 2. The highest BCUT2D eigenvalue weighted by Crippen LogP contribution is 2.24. The number of carbonyl (C=O) groups is 2. The lowest BCUT2D eigenvalue weighted by Gasteiger charge is -2.12. The van der Waals surface area contributed by atoms with E-state index < -0.39 is 11.8 Å². The molecule has 2 aromatic carbocycles. The Kier molecular flexibility index (Phi) is 5.89. The first kappa shape index (κ1) is 17.9. The fourth-order valence-electron chi connectivity index (χ4n) is 1.96. The standard InChI is InChI=1S/C16H14Cl2N2O4/c1-23-13-6-4-9(17)7-12(13)16(22)20-19-15(21)11-5-3-10(18)8-14(11)24-2/h3-8H,1-2H3,(H,19,21)(H,20,22). The largest absolute Gasteiger partial charge is 0.496 e. The highest BCUT2D eigenvalue weighted by molar-refractivity contribution is 6.31. The van der Waals surface area contributed by atoms with Gasteiger partial charge < -0.3 is 9.47 Å². The molecule has 0 saturated carbocycles. The van der Waals surface area contributed by atoms with E-state index in [4.69, 9.17) is 32.7 Å². The van der Waals surface area contributed by atoms with Gasteiger partial charge in [0, 0.05) is 10.0 Å². The minimum absolute atomic E-state index is 0.188. The number of carbonyl (C=O) groups excluding carboxylic acids is 2. The van der Waals surface area contributed by atoms with Gasteiger partial charge in [-0.1, -0.05) is 23.2 Å². The van der Waals surface area contributed by atoms with E-state index >= 15 is 0 Å². The molecule has 126 valence electrons. The lowest BCUT2D eigenvalue weighted by molar-refractivity contribution is 0.0843. The molecule has 0 radical (unpaired) electrons. The first-order valence-electron chi connectivity index (χ1n) is 6.74. The predicted octanol–water partition coefficient (Wildman–Crippen LogP) is 3.09. The molecule has 0 unspecified atom stereocenters. The van der Waals surface area contributed by atoms with Crippen molar-refractivity contribution in [1.82, 2.24) is 10.9 Å². The summed E-state index contributed by atoms with van der Waals surface area (Å²) in [6.45, 7) is 0. The quantitative estimate of drug-likeness (QED) is 0.813. The van der Waals surface area contributed by atoms with Crippen LogP contribution in [-0.2, 0) is 0 Å². The third kappa shape index (κ3) is 4.10. The molecule has 0 fully saturated rings. The van der Waals surface area contributed by atoms with Gasteiger partial charge in [-0.2, -0.15) is 0 Å². The third-order valence-corrected chi connectivity index (χ3v) is 3.57. The second-order valence-electron chi connectivity index (χ2n) is 4.60. The molecule has 24 heavy (non-hydrogen) atoms. The maximum Gasteiger partial charge on any atom is 0.273 e. The van der Waals surface area contributed by atoms with Gasteiger partial charge in [-0.15, -0.1) is 0 Å². The Bertz CT molecular complexity index is 781. The molecule has 8 heteroatoms. The van der Waals surface area contributed by atoms with Crippen molar-refractivity contribution in [1.29, 1.82) is 0 Å². The normalized spacial score (nSPS) is 10.0. The highest BCUT2D eigenvalue weighted by Gasteiger charge is 2.16. The fourth-order valence-corrected chi connectivity index (χ4v) is 2.29. The van der Waals surface area contributed by atoms with Crippen LogP contribution in [0.3, 0.4) is 0 Å². The average molecular weight is 369 g/mol. The Balaban J connectivity index is 2.12. The predicted molar refractivity (Wildman–Crippen MR) is 90.9 cm³/mol. The van der Waals surface area contributed by atoms with Crippen molar-refractivity contribution in [3.8, 4) is 11.5 Å². The van der Waals surface area contributed by atoms with E-state index in [1.54, 1.807) is 18.2 Å². The van der Waals surface area contributed by atoms with Crippen LogP contribution in [0.4, 0.5) is 0 Å². The second-order valence-corrected chi connectivity index (χ2v) is 5.47. The van der Waals surface area contributed by atoms with Crippen LogP contribution in [0.2, 0.25) is 10.0 Å². The summed E-state index contributed by atoms with van der Waals surface area (Å²) >= 11 is 11.7. The third-order valence-electron chi connectivity index (χ3n) is 3.10. The average Bonchev–Trinajstić information content (AvgIpc) is 2.59. The zero-order valence-corrected chi connectivity index (χ0v) is 14.4. The molecule has 0 bridgehead atoms. The number of amides is 2. The molecule has 2 aromatic rings. The molecule has 0 spiro atoms. The topological polar surface area (TPSA) is 76.7 Å². The molecule has 0 aliphatic heterocycles. The molecular weight excluding hydrogens is 355 g/mol. The van der Waals surface area contributed by atoms with Crippen LogP contribution in [0.1, 0.15) is 20.7 Å². The number of rotatable bonds is 4. The van der Waals surface area contributed by atoms with Crippen LogP contribution >= 0.6 is 23.2 Å². The Morgan fingerprint density at radius 1 is 0.792 bits per heavy atom. The molecule has 0 saturated heterocycles. The minimum atomic E-state index is -0.573. The van der Waals surface area contributed by atoms with Crippen molar-refractivity contribution < 1.29 is 19.1 Å². The summed E-state index contributed by atoms with van der Waals surface area (Å²) in [6, 6.07) is 9.11. The summed E-state index contributed by atoms with van der Waals surface area (Å²) in [5, 5.41) is 0.794. The number of nitrogens with one attached hydrogen (secondary N) is 2. The van der Waals surface area contributed by atoms with Crippen molar-refractivity contribution in [3.05, 3.63) is 57.6 Å². The minimum Gasteiger partial charge on any atom is -0.496 e. The number of hydrazine groups is 1. The van der Waals surface area contributed by atoms with Crippen molar-refractivity contribution in [2.75, 3.05) is 14.2 Å². The molecule has 0 aliphatic carbocycles. The van der Waals surface area contributed by atoms with Crippen LogP contribution in [0, 0.1) is 0 Å². The summed E-state index contributed by atoms with van der Waals surface area (Å²) < 4.78 is 10.2. The number of benzene rings is 2. The van der Waals surface area contributed by atoms with E-state index in [2.05, 4.69) is 10.9 Å². The highest BCUT2D eigenvalue weighted by atomic mass is 35.5.